The van der Waals surface area contributed by atoms with Crippen LogP contribution in [0.4, 0.5) is 5.69 Å². The number of nitro benzene ring substituents is 1. The SMILES string of the molecule is CC[C@H](C)[C@@H](NC(=O)COC(=O)c1ccc([N+](=O)[O-])c(C)c1)C(=O)OC. The van der Waals surface area contributed by atoms with E-state index in [0.29, 0.717) is 12.0 Å². The summed E-state index contributed by atoms with van der Waals surface area (Å²) >= 11 is 0. The lowest BCUT2D eigenvalue weighted by molar-refractivity contribution is -0.385. The molecule has 0 aromatic heterocycles. The molecule has 0 bridgehead atoms. The molecule has 0 aliphatic rings. The zero-order valence-electron chi connectivity index (χ0n) is 15.1. The summed E-state index contributed by atoms with van der Waals surface area (Å²) in [5, 5.41) is 13.3. The average Bonchev–Trinajstić information content (AvgIpc) is 2.62. The van der Waals surface area contributed by atoms with Crippen LogP contribution in [0.25, 0.3) is 0 Å². The summed E-state index contributed by atoms with van der Waals surface area (Å²) in [5.41, 5.74) is 0.275. The molecule has 0 radical (unpaired) electrons. The summed E-state index contributed by atoms with van der Waals surface area (Å²) in [6, 6.07) is 2.93. The monoisotopic (exact) mass is 366 g/mol. The first-order chi connectivity index (χ1) is 12.2. The summed E-state index contributed by atoms with van der Waals surface area (Å²) in [5.74, 6) is -2.17. The topological polar surface area (TPSA) is 125 Å². The summed E-state index contributed by atoms with van der Waals surface area (Å²) < 4.78 is 9.56. The van der Waals surface area contributed by atoms with Gasteiger partial charge in [0, 0.05) is 11.6 Å². The lowest BCUT2D eigenvalue weighted by Crippen LogP contribution is -2.47. The second-order valence-electron chi connectivity index (χ2n) is 5.79. The molecule has 1 aromatic carbocycles. The molecule has 0 fully saturated rings. The van der Waals surface area contributed by atoms with Crippen LogP contribution in [-0.4, -0.2) is 42.5 Å². The van der Waals surface area contributed by atoms with Gasteiger partial charge in [-0.3, -0.25) is 14.9 Å². The summed E-state index contributed by atoms with van der Waals surface area (Å²) in [7, 11) is 1.22. The zero-order valence-corrected chi connectivity index (χ0v) is 15.1. The molecule has 0 aliphatic heterocycles. The number of benzene rings is 1. The molecule has 1 rings (SSSR count). The van der Waals surface area contributed by atoms with Crippen molar-refractivity contribution in [2.45, 2.75) is 33.2 Å². The number of nitrogens with one attached hydrogen (secondary N) is 1. The van der Waals surface area contributed by atoms with Gasteiger partial charge in [0.1, 0.15) is 6.04 Å². The standard InChI is InChI=1S/C17H22N2O7/c1-5-10(2)15(17(22)25-4)18-14(20)9-26-16(21)12-6-7-13(19(23)24)11(3)8-12/h6-8,10,15H,5,9H2,1-4H3,(H,18,20)/t10-,15+/m0/s1. The highest BCUT2D eigenvalue weighted by Gasteiger charge is 2.27. The van der Waals surface area contributed by atoms with Gasteiger partial charge >= 0.3 is 11.9 Å². The molecule has 1 amide bonds. The second kappa shape index (κ2) is 9.50. The Labute approximate surface area is 150 Å². The van der Waals surface area contributed by atoms with Gasteiger partial charge in [-0.1, -0.05) is 20.3 Å². The van der Waals surface area contributed by atoms with E-state index in [1.807, 2.05) is 6.92 Å². The number of hydrogen-bond acceptors (Lipinski definition) is 7. The van der Waals surface area contributed by atoms with Gasteiger partial charge in [-0.05, 0) is 25.0 Å². The third-order valence-corrected chi connectivity index (χ3v) is 3.95. The maximum absolute atomic E-state index is 12.0. The molecule has 0 saturated heterocycles. The molecule has 2 atom stereocenters. The van der Waals surface area contributed by atoms with Crippen LogP contribution < -0.4 is 5.32 Å². The van der Waals surface area contributed by atoms with Crippen LogP contribution in [-0.2, 0) is 19.1 Å². The van der Waals surface area contributed by atoms with Crippen molar-refractivity contribution in [2.75, 3.05) is 13.7 Å². The fourth-order valence-electron chi connectivity index (χ4n) is 2.21. The molecule has 9 nitrogen and oxygen atoms in total. The number of carbonyl (C=O) groups is 3. The highest BCUT2D eigenvalue weighted by molar-refractivity contribution is 5.92. The van der Waals surface area contributed by atoms with Crippen molar-refractivity contribution in [3.63, 3.8) is 0 Å². The van der Waals surface area contributed by atoms with Crippen molar-refractivity contribution < 1.29 is 28.8 Å². The highest BCUT2D eigenvalue weighted by Crippen LogP contribution is 2.19. The number of amides is 1. The molecule has 0 saturated carbocycles. The molecule has 1 N–H and O–H groups in total. The first-order valence-corrected chi connectivity index (χ1v) is 8.00. The van der Waals surface area contributed by atoms with Crippen molar-refractivity contribution in [1.82, 2.24) is 5.32 Å². The van der Waals surface area contributed by atoms with Gasteiger partial charge in [0.15, 0.2) is 6.61 Å². The van der Waals surface area contributed by atoms with Crippen LogP contribution in [0, 0.1) is 23.0 Å². The van der Waals surface area contributed by atoms with Gasteiger partial charge in [-0.15, -0.1) is 0 Å². The van der Waals surface area contributed by atoms with Gasteiger partial charge in [-0.25, -0.2) is 9.59 Å². The number of aryl methyl sites for hydroxylation is 1. The van der Waals surface area contributed by atoms with Crippen LogP contribution >= 0.6 is 0 Å². The van der Waals surface area contributed by atoms with Gasteiger partial charge in [-0.2, -0.15) is 0 Å². The van der Waals surface area contributed by atoms with Crippen LogP contribution in [0.5, 0.6) is 0 Å². The summed E-state index contributed by atoms with van der Waals surface area (Å²) in [6.07, 6.45) is 0.641. The fraction of sp³-hybridized carbons (Fsp3) is 0.471. The van der Waals surface area contributed by atoms with Crippen molar-refractivity contribution >= 4 is 23.5 Å². The van der Waals surface area contributed by atoms with E-state index in [4.69, 9.17) is 4.74 Å². The Bertz CT molecular complexity index is 702. The predicted molar refractivity (Wildman–Crippen MR) is 91.5 cm³/mol. The Kier molecular flexibility index (Phi) is 7.70. The van der Waals surface area contributed by atoms with E-state index in [0.717, 1.165) is 0 Å². The minimum Gasteiger partial charge on any atom is -0.467 e. The number of nitro groups is 1. The van der Waals surface area contributed by atoms with E-state index in [1.54, 1.807) is 6.92 Å². The van der Waals surface area contributed by atoms with Gasteiger partial charge in [0.05, 0.1) is 17.6 Å². The predicted octanol–water partition coefficient (Wildman–Crippen LogP) is 1.76. The van der Waals surface area contributed by atoms with E-state index in [2.05, 4.69) is 10.1 Å². The molecule has 142 valence electrons. The Balaban J connectivity index is 2.68. The summed E-state index contributed by atoms with van der Waals surface area (Å²) in [4.78, 5) is 45.9. The van der Waals surface area contributed by atoms with Crippen molar-refractivity contribution in [2.24, 2.45) is 5.92 Å². The van der Waals surface area contributed by atoms with Crippen LogP contribution in [0.3, 0.4) is 0 Å². The molecule has 0 heterocycles. The van der Waals surface area contributed by atoms with Gasteiger partial charge in [0.25, 0.3) is 11.6 Å². The normalized spacial score (nSPS) is 12.6. The van der Waals surface area contributed by atoms with E-state index in [1.165, 1.54) is 32.2 Å². The third kappa shape index (κ3) is 5.54. The van der Waals surface area contributed by atoms with Crippen LogP contribution in [0.2, 0.25) is 0 Å². The van der Waals surface area contributed by atoms with Gasteiger partial charge < -0.3 is 14.8 Å². The van der Waals surface area contributed by atoms with Gasteiger partial charge in [0.2, 0.25) is 0 Å². The fourth-order valence-corrected chi connectivity index (χ4v) is 2.21. The lowest BCUT2D eigenvalue weighted by atomic mass is 9.99. The number of nitrogens with zero attached hydrogens (tertiary/aromatic N) is 1. The van der Waals surface area contributed by atoms with E-state index in [-0.39, 0.29) is 17.2 Å². The molecule has 9 heteroatoms. The number of carbonyl (C=O) groups excluding carboxylic acids is 3. The van der Waals surface area contributed by atoms with E-state index >= 15 is 0 Å². The number of methoxy groups -OCH3 is 1. The first-order valence-electron chi connectivity index (χ1n) is 8.00. The molecule has 0 aliphatic carbocycles. The lowest BCUT2D eigenvalue weighted by Gasteiger charge is -2.21. The van der Waals surface area contributed by atoms with Crippen LogP contribution in [0.1, 0.15) is 36.2 Å². The van der Waals surface area contributed by atoms with Crippen LogP contribution in [0.15, 0.2) is 18.2 Å². The number of ether oxygens (including phenoxy) is 2. The van der Waals surface area contributed by atoms with E-state index < -0.39 is 35.4 Å². The van der Waals surface area contributed by atoms with Crippen molar-refractivity contribution in [1.29, 1.82) is 0 Å². The zero-order chi connectivity index (χ0) is 19.9. The molecular weight excluding hydrogens is 344 g/mol. The van der Waals surface area contributed by atoms with Crippen molar-refractivity contribution in [3.05, 3.63) is 39.4 Å². The molecule has 26 heavy (non-hydrogen) atoms. The minimum atomic E-state index is -0.835. The Hall–Kier alpha value is -2.97. The number of hydrogen-bond donors (Lipinski definition) is 1. The van der Waals surface area contributed by atoms with Crippen molar-refractivity contribution in [3.8, 4) is 0 Å². The summed E-state index contributed by atoms with van der Waals surface area (Å²) in [6.45, 7) is 4.56. The number of rotatable bonds is 8. The third-order valence-electron chi connectivity index (χ3n) is 3.95. The first kappa shape index (κ1) is 21.1. The van der Waals surface area contributed by atoms with E-state index in [9.17, 15) is 24.5 Å². The largest absolute Gasteiger partial charge is 0.467 e. The Morgan fingerprint density at radius 3 is 2.46 bits per heavy atom. The maximum Gasteiger partial charge on any atom is 0.338 e. The quantitative estimate of drug-likeness (QED) is 0.422. The number of esters is 2. The molecular formula is C17H22N2O7. The molecule has 0 unspecified atom stereocenters. The Morgan fingerprint density at radius 1 is 1.31 bits per heavy atom. The highest BCUT2D eigenvalue weighted by atomic mass is 16.6. The maximum atomic E-state index is 12.0. The average molecular weight is 366 g/mol. The molecule has 0 spiro atoms. The second-order valence-corrected chi connectivity index (χ2v) is 5.79. The smallest absolute Gasteiger partial charge is 0.338 e. The minimum absolute atomic E-state index is 0.0901. The Morgan fingerprint density at radius 2 is 1.96 bits per heavy atom. The molecule has 1 aromatic rings.